The molecule has 12 rings (SSSR count). The molecule has 274 valence electrons. The molecule has 0 N–H and O–H groups in total. The molecule has 0 radical (unpaired) electrons. The Morgan fingerprint density at radius 3 is 1.97 bits per heavy atom. The zero-order chi connectivity index (χ0) is 38.5. The molecule has 0 fully saturated rings. The monoisotopic (exact) mass is 743 g/mol. The molecule has 0 bridgehead atoms. The molecule has 0 saturated heterocycles. The summed E-state index contributed by atoms with van der Waals surface area (Å²) in [5.41, 5.74) is 16.7. The van der Waals surface area contributed by atoms with Crippen LogP contribution in [0.15, 0.2) is 197 Å². The van der Waals surface area contributed by atoms with Crippen molar-refractivity contribution >= 4 is 71.7 Å². The number of nitrogens with zero attached hydrogens (tertiary/aromatic N) is 1. The summed E-state index contributed by atoms with van der Waals surface area (Å²) in [6.07, 6.45) is 0. The standard InChI is InChI=1S/C55H37NO2/c1-55(2)47-18-8-5-14-40(47)41-30-28-38(33-48(41)55)56(37-26-22-34(23-27-37)36-25-31-51-46(32-36)43-16-7-10-20-50(43)57-51)49-19-9-6-15-42(49)44-17-11-21-52-53(44)45-29-24-35-12-3-4-13-39(35)54(45)58-52/h3-33H,1-2H3. The van der Waals surface area contributed by atoms with Crippen molar-refractivity contribution in [3.63, 3.8) is 0 Å². The smallest absolute Gasteiger partial charge is 0.143 e. The third-order valence-corrected chi connectivity index (χ3v) is 12.5. The number of furan rings is 2. The summed E-state index contributed by atoms with van der Waals surface area (Å²) in [6, 6.07) is 67.8. The molecule has 2 heterocycles. The number of hydrogen-bond donors (Lipinski definition) is 0. The summed E-state index contributed by atoms with van der Waals surface area (Å²) >= 11 is 0. The van der Waals surface area contributed by atoms with E-state index in [0.29, 0.717) is 0 Å². The van der Waals surface area contributed by atoms with E-state index in [1.165, 1.54) is 27.6 Å². The van der Waals surface area contributed by atoms with Gasteiger partial charge in [0.25, 0.3) is 0 Å². The molecule has 2 aromatic heterocycles. The second kappa shape index (κ2) is 12.3. The predicted octanol–water partition coefficient (Wildman–Crippen LogP) is 15.7. The molecule has 0 unspecified atom stereocenters. The van der Waals surface area contributed by atoms with Gasteiger partial charge < -0.3 is 13.7 Å². The highest BCUT2D eigenvalue weighted by Gasteiger charge is 2.36. The van der Waals surface area contributed by atoms with Crippen LogP contribution in [0.5, 0.6) is 0 Å². The van der Waals surface area contributed by atoms with Gasteiger partial charge in [-0.25, -0.2) is 0 Å². The first-order valence-corrected chi connectivity index (χ1v) is 20.0. The minimum atomic E-state index is -0.142. The lowest BCUT2D eigenvalue weighted by molar-refractivity contribution is 0.660. The van der Waals surface area contributed by atoms with E-state index in [-0.39, 0.29) is 5.41 Å². The molecule has 58 heavy (non-hydrogen) atoms. The molecule has 11 aromatic rings. The Morgan fingerprint density at radius 1 is 0.397 bits per heavy atom. The van der Waals surface area contributed by atoms with Crippen LogP contribution in [0.25, 0.3) is 88.0 Å². The molecule has 3 nitrogen and oxygen atoms in total. The summed E-state index contributed by atoms with van der Waals surface area (Å²) in [6.45, 7) is 4.70. The Balaban J connectivity index is 1.05. The summed E-state index contributed by atoms with van der Waals surface area (Å²) in [5.74, 6) is 0. The van der Waals surface area contributed by atoms with E-state index >= 15 is 0 Å². The van der Waals surface area contributed by atoms with E-state index < -0.39 is 0 Å². The topological polar surface area (TPSA) is 29.5 Å². The zero-order valence-electron chi connectivity index (χ0n) is 32.2. The van der Waals surface area contributed by atoms with E-state index in [1.54, 1.807) is 0 Å². The van der Waals surface area contributed by atoms with Crippen LogP contribution in [0.4, 0.5) is 17.1 Å². The van der Waals surface area contributed by atoms with Gasteiger partial charge in [-0.15, -0.1) is 0 Å². The summed E-state index contributed by atoms with van der Waals surface area (Å²) in [7, 11) is 0. The normalized spacial score (nSPS) is 13.1. The van der Waals surface area contributed by atoms with Gasteiger partial charge in [0.1, 0.15) is 22.3 Å². The maximum Gasteiger partial charge on any atom is 0.143 e. The molecule has 0 atom stereocenters. The largest absolute Gasteiger partial charge is 0.456 e. The number of hydrogen-bond acceptors (Lipinski definition) is 3. The van der Waals surface area contributed by atoms with E-state index in [0.717, 1.165) is 88.6 Å². The van der Waals surface area contributed by atoms with Gasteiger partial charge in [0.15, 0.2) is 0 Å². The molecule has 9 aromatic carbocycles. The lowest BCUT2D eigenvalue weighted by Crippen LogP contribution is -2.16. The van der Waals surface area contributed by atoms with E-state index in [2.05, 4.69) is 195 Å². The molecule has 1 aliphatic carbocycles. The van der Waals surface area contributed by atoms with Crippen LogP contribution >= 0.6 is 0 Å². The first-order valence-electron chi connectivity index (χ1n) is 20.0. The number of anilines is 3. The van der Waals surface area contributed by atoms with Gasteiger partial charge in [-0.1, -0.05) is 141 Å². The number of fused-ring (bicyclic) bond motifs is 11. The van der Waals surface area contributed by atoms with Gasteiger partial charge in [0.05, 0.1) is 5.69 Å². The molecule has 3 heteroatoms. The summed E-state index contributed by atoms with van der Waals surface area (Å²) in [5, 5.41) is 6.80. The summed E-state index contributed by atoms with van der Waals surface area (Å²) in [4.78, 5) is 2.43. The minimum Gasteiger partial charge on any atom is -0.456 e. The Labute approximate surface area is 336 Å². The van der Waals surface area contributed by atoms with Crippen molar-refractivity contribution in [3.05, 3.63) is 199 Å². The fourth-order valence-corrected chi connectivity index (χ4v) is 9.64. The Hall–Kier alpha value is -7.36. The molecule has 0 spiro atoms. The SMILES string of the molecule is CC1(C)c2ccccc2-c2ccc(N(c3ccc(-c4ccc5oc6ccccc6c5c4)cc3)c3ccccc3-c3cccc4oc5c6ccccc6ccc5c34)cc21. The van der Waals surface area contributed by atoms with E-state index in [9.17, 15) is 0 Å². The third kappa shape index (κ3) is 4.80. The van der Waals surface area contributed by atoms with Crippen molar-refractivity contribution in [3.8, 4) is 33.4 Å². The lowest BCUT2D eigenvalue weighted by Gasteiger charge is -2.30. The first kappa shape index (κ1) is 32.8. The van der Waals surface area contributed by atoms with Gasteiger partial charge in [0.2, 0.25) is 0 Å². The van der Waals surface area contributed by atoms with Crippen LogP contribution in [-0.2, 0) is 5.41 Å². The summed E-state index contributed by atoms with van der Waals surface area (Å²) < 4.78 is 12.8. The third-order valence-electron chi connectivity index (χ3n) is 12.5. The van der Waals surface area contributed by atoms with Crippen LogP contribution < -0.4 is 4.90 Å². The average molecular weight is 744 g/mol. The van der Waals surface area contributed by atoms with Crippen LogP contribution in [-0.4, -0.2) is 0 Å². The predicted molar refractivity (Wildman–Crippen MR) is 242 cm³/mol. The lowest BCUT2D eigenvalue weighted by atomic mass is 9.82. The highest BCUT2D eigenvalue weighted by Crippen LogP contribution is 2.52. The van der Waals surface area contributed by atoms with Gasteiger partial charge in [-0.05, 0) is 105 Å². The van der Waals surface area contributed by atoms with Crippen molar-refractivity contribution in [2.45, 2.75) is 19.3 Å². The number of para-hydroxylation sites is 2. The Kier molecular flexibility index (Phi) is 6.98. The van der Waals surface area contributed by atoms with Crippen molar-refractivity contribution < 1.29 is 8.83 Å². The van der Waals surface area contributed by atoms with Gasteiger partial charge in [-0.2, -0.15) is 0 Å². The molecular weight excluding hydrogens is 707 g/mol. The van der Waals surface area contributed by atoms with E-state index in [4.69, 9.17) is 8.83 Å². The van der Waals surface area contributed by atoms with Crippen molar-refractivity contribution in [2.24, 2.45) is 0 Å². The molecule has 0 amide bonds. The molecule has 0 aliphatic heterocycles. The highest BCUT2D eigenvalue weighted by molar-refractivity contribution is 6.20. The van der Waals surface area contributed by atoms with E-state index in [1.807, 2.05) is 12.1 Å². The van der Waals surface area contributed by atoms with Crippen LogP contribution in [0.2, 0.25) is 0 Å². The maximum atomic E-state index is 6.68. The number of rotatable bonds is 5. The van der Waals surface area contributed by atoms with Crippen molar-refractivity contribution in [2.75, 3.05) is 4.90 Å². The maximum absolute atomic E-state index is 6.68. The van der Waals surface area contributed by atoms with Crippen molar-refractivity contribution in [1.29, 1.82) is 0 Å². The van der Waals surface area contributed by atoms with Gasteiger partial charge in [0, 0.05) is 49.3 Å². The Bertz CT molecular complexity index is 3440. The second-order valence-electron chi connectivity index (χ2n) is 16.1. The van der Waals surface area contributed by atoms with Crippen molar-refractivity contribution in [1.82, 2.24) is 0 Å². The fourth-order valence-electron chi connectivity index (χ4n) is 9.64. The average Bonchev–Trinajstić information content (AvgIpc) is 3.92. The second-order valence-corrected chi connectivity index (χ2v) is 16.1. The zero-order valence-corrected chi connectivity index (χ0v) is 32.2. The molecule has 1 aliphatic rings. The fraction of sp³-hybridized carbons (Fsp3) is 0.0545. The van der Waals surface area contributed by atoms with Crippen LogP contribution in [0.3, 0.4) is 0 Å². The Morgan fingerprint density at radius 2 is 1.07 bits per heavy atom. The minimum absolute atomic E-state index is 0.142. The van der Waals surface area contributed by atoms with Crippen LogP contribution in [0, 0.1) is 0 Å². The highest BCUT2D eigenvalue weighted by atomic mass is 16.3. The molecular formula is C55H37NO2. The van der Waals surface area contributed by atoms with Gasteiger partial charge >= 0.3 is 0 Å². The quantitative estimate of drug-likeness (QED) is 0.176. The molecule has 0 saturated carbocycles. The van der Waals surface area contributed by atoms with Gasteiger partial charge in [-0.3, -0.25) is 0 Å². The first-order chi connectivity index (χ1) is 28.5. The number of benzene rings is 9. The van der Waals surface area contributed by atoms with Crippen LogP contribution in [0.1, 0.15) is 25.0 Å².